The summed E-state index contributed by atoms with van der Waals surface area (Å²) in [5.41, 5.74) is 9.35. The number of ether oxygens (including phenoxy) is 2. The molecule has 0 spiro atoms. The number of likely N-dealkylation sites (tertiary alicyclic amines) is 2. The Morgan fingerprint density at radius 3 is 1.42 bits per heavy atom. The Hall–Kier alpha value is -3.09. The van der Waals surface area contributed by atoms with Crippen LogP contribution in [0.4, 0.5) is 9.59 Å². The van der Waals surface area contributed by atoms with Gasteiger partial charge in [0.25, 0.3) is 0 Å². The molecule has 2 aliphatic heterocycles. The van der Waals surface area contributed by atoms with Gasteiger partial charge >= 0.3 is 12.2 Å². The first-order valence-corrected chi connectivity index (χ1v) is 24.0. The first-order chi connectivity index (χ1) is 28.0. The fraction of sp³-hybridized carbons (Fsp3) is 0.760. The molecule has 0 aliphatic carbocycles. The highest BCUT2D eigenvalue weighted by Gasteiger charge is 2.44. The summed E-state index contributed by atoms with van der Waals surface area (Å²) in [5, 5.41) is 0. The topological polar surface area (TPSA) is 140 Å². The molecule has 2 aliphatic rings. The Labute approximate surface area is 379 Å². The number of nitrogens with one attached hydrogen (secondary N) is 1. The second-order valence-electron chi connectivity index (χ2n) is 24.2. The molecule has 0 radical (unpaired) electrons. The third-order valence-electron chi connectivity index (χ3n) is 11.7. The number of carbonyl (C=O) groups is 2. The molecule has 2 fully saturated rings. The molecular formula is C50H86N6O5S. The maximum atomic E-state index is 13.0. The molecule has 3 unspecified atom stereocenters. The van der Waals surface area contributed by atoms with Gasteiger partial charge in [-0.25, -0.2) is 18.5 Å². The number of rotatable bonds is 10. The van der Waals surface area contributed by atoms with Crippen LogP contribution in [-0.2, 0) is 31.3 Å². The maximum absolute atomic E-state index is 13.0. The first-order valence-electron chi connectivity index (χ1n) is 22.9. The van der Waals surface area contributed by atoms with Crippen LogP contribution >= 0.6 is 0 Å². The van der Waals surface area contributed by atoms with Crippen LogP contribution < -0.4 is 10.5 Å². The zero-order valence-corrected chi connectivity index (χ0v) is 43.1. The van der Waals surface area contributed by atoms with Gasteiger partial charge in [-0.15, -0.1) is 0 Å². The summed E-state index contributed by atoms with van der Waals surface area (Å²) < 4.78 is 27.2. The van der Waals surface area contributed by atoms with Gasteiger partial charge in [-0.3, -0.25) is 9.97 Å². The van der Waals surface area contributed by atoms with Gasteiger partial charge in [0.05, 0.1) is 33.2 Å². The Morgan fingerprint density at radius 2 is 1.08 bits per heavy atom. The van der Waals surface area contributed by atoms with Gasteiger partial charge < -0.3 is 25.0 Å². The van der Waals surface area contributed by atoms with Crippen LogP contribution in [0.5, 0.6) is 0 Å². The summed E-state index contributed by atoms with van der Waals surface area (Å²) in [6.45, 7) is 40.2. The summed E-state index contributed by atoms with van der Waals surface area (Å²) in [5.74, 6) is 0.783. The van der Waals surface area contributed by atoms with Crippen LogP contribution in [-0.4, -0.2) is 76.3 Å². The number of amides is 2. The molecule has 2 amide bonds. The largest absolute Gasteiger partial charge is 0.444 e. The van der Waals surface area contributed by atoms with E-state index in [1.54, 1.807) is 0 Å². The van der Waals surface area contributed by atoms with Crippen LogP contribution in [0.15, 0.2) is 36.7 Å². The number of nitrogens with two attached hydrogens (primary N) is 1. The summed E-state index contributed by atoms with van der Waals surface area (Å²) in [7, 11) is -1.21. The van der Waals surface area contributed by atoms with Crippen molar-refractivity contribution >= 4 is 23.2 Å². The summed E-state index contributed by atoms with van der Waals surface area (Å²) in [6.07, 6.45) is 8.85. The molecule has 3 N–H and O–H groups in total. The number of hydrogen-bond acceptors (Lipinski definition) is 8. The third kappa shape index (κ3) is 16.2. The molecule has 2 saturated heterocycles. The number of pyridine rings is 2. The van der Waals surface area contributed by atoms with E-state index in [9.17, 15) is 13.8 Å². The molecule has 0 aromatic carbocycles. The van der Waals surface area contributed by atoms with Gasteiger partial charge in [0.2, 0.25) is 0 Å². The van der Waals surface area contributed by atoms with E-state index in [1.807, 2.05) is 84.5 Å². The normalized spacial score (nSPS) is 20.8. The molecule has 352 valence electrons. The van der Waals surface area contributed by atoms with Gasteiger partial charge in [-0.05, 0) is 174 Å². The zero-order valence-electron chi connectivity index (χ0n) is 42.2. The molecule has 5 atom stereocenters. The van der Waals surface area contributed by atoms with E-state index in [0.29, 0.717) is 18.4 Å². The highest BCUT2D eigenvalue weighted by Crippen LogP contribution is 2.39. The minimum Gasteiger partial charge on any atom is -0.444 e. The number of carbonyl (C=O) groups excluding carboxylic acids is 2. The van der Waals surface area contributed by atoms with Gasteiger partial charge in [0, 0.05) is 42.6 Å². The lowest BCUT2D eigenvalue weighted by atomic mass is 9.88. The van der Waals surface area contributed by atoms with E-state index in [1.165, 1.54) is 11.1 Å². The number of nitrogens with zero attached hydrogens (tertiary/aromatic N) is 4. The van der Waals surface area contributed by atoms with E-state index in [2.05, 4.69) is 103 Å². The van der Waals surface area contributed by atoms with E-state index in [0.717, 1.165) is 56.5 Å². The molecule has 4 heterocycles. The maximum Gasteiger partial charge on any atom is 0.410 e. The van der Waals surface area contributed by atoms with Crippen molar-refractivity contribution in [2.45, 2.75) is 220 Å². The third-order valence-corrected chi connectivity index (χ3v) is 13.4. The lowest BCUT2D eigenvalue weighted by Crippen LogP contribution is -2.45. The van der Waals surface area contributed by atoms with E-state index < -0.39 is 22.2 Å². The minimum atomic E-state index is -1.21. The van der Waals surface area contributed by atoms with Crippen molar-refractivity contribution < 1.29 is 23.3 Å². The molecule has 4 rings (SSSR count). The minimum absolute atomic E-state index is 0.0310. The van der Waals surface area contributed by atoms with Crippen LogP contribution in [0.3, 0.4) is 0 Å². The Balaban J connectivity index is 0.000000336. The monoisotopic (exact) mass is 883 g/mol. The average molecular weight is 883 g/mol. The van der Waals surface area contributed by atoms with Crippen molar-refractivity contribution in [2.75, 3.05) is 13.1 Å². The summed E-state index contributed by atoms with van der Waals surface area (Å²) in [4.78, 5) is 38.5. The number of aromatic nitrogens is 2. The van der Waals surface area contributed by atoms with Gasteiger partial charge in [0.1, 0.15) is 11.2 Å². The lowest BCUT2D eigenvalue weighted by molar-refractivity contribution is 0.0118. The van der Waals surface area contributed by atoms with Crippen molar-refractivity contribution in [3.05, 3.63) is 59.2 Å². The standard InChI is InChI=1S/C27H47N3O3S.C23H39N3O2/c1-24(2,3)20-13-15-21(28-17-20)22(29-34(32)26(7,8)9)14-12-19-16-27(10,11)30(18-19)23(31)33-25(4,5)6;1-21(2,3)17-10-12-19(25-14-17)18(24)11-9-16-13-23(7,8)26(15-16)20(27)28-22(4,5)6/h13,15,17,19,22,29H,12,14,16,18H2,1-11H3;10,12,14,16,18H,9,11,13,15,24H2,1-8H3/t19-,22?,34?;16-,18?/m00/s1. The quantitative estimate of drug-likeness (QED) is 0.240. The van der Waals surface area contributed by atoms with Crippen LogP contribution in [0.25, 0.3) is 0 Å². The van der Waals surface area contributed by atoms with Crippen molar-refractivity contribution in [3.8, 4) is 0 Å². The number of hydrogen-bond donors (Lipinski definition) is 2. The first kappa shape index (κ1) is 53.2. The van der Waals surface area contributed by atoms with E-state index in [4.69, 9.17) is 20.2 Å². The van der Waals surface area contributed by atoms with Crippen molar-refractivity contribution in [1.82, 2.24) is 24.5 Å². The summed E-state index contributed by atoms with van der Waals surface area (Å²) >= 11 is 0. The second kappa shape index (κ2) is 20.0. The van der Waals surface area contributed by atoms with Gasteiger partial charge in [-0.2, -0.15) is 0 Å². The highest BCUT2D eigenvalue weighted by atomic mass is 32.2. The Bertz CT molecular complexity index is 1790. The van der Waals surface area contributed by atoms with Crippen LogP contribution in [0, 0.1) is 11.8 Å². The lowest BCUT2D eigenvalue weighted by Gasteiger charge is -2.33. The molecular weight excluding hydrogens is 797 g/mol. The smallest absolute Gasteiger partial charge is 0.410 e. The molecule has 62 heavy (non-hydrogen) atoms. The van der Waals surface area contributed by atoms with Crippen LogP contribution in [0.2, 0.25) is 0 Å². The molecule has 2 aromatic heterocycles. The predicted molar refractivity (Wildman–Crippen MR) is 255 cm³/mol. The van der Waals surface area contributed by atoms with Crippen molar-refractivity contribution in [1.29, 1.82) is 0 Å². The Kier molecular flexibility index (Phi) is 17.2. The van der Waals surface area contributed by atoms with Crippen molar-refractivity contribution in [3.63, 3.8) is 0 Å². The average Bonchev–Trinajstić information content (AvgIpc) is 3.59. The van der Waals surface area contributed by atoms with Crippen LogP contribution in [0.1, 0.15) is 205 Å². The van der Waals surface area contributed by atoms with Crippen molar-refractivity contribution in [2.24, 2.45) is 17.6 Å². The van der Waals surface area contributed by atoms with E-state index in [-0.39, 0.29) is 50.9 Å². The van der Waals surface area contributed by atoms with Gasteiger partial charge in [0.15, 0.2) is 0 Å². The molecule has 11 nitrogen and oxygen atoms in total. The second-order valence-corrected chi connectivity index (χ2v) is 26.2. The SMILES string of the molecule is CC(C)(C)OC(=O)N1C[C@@H](CCC(N)c2ccc(C(C)(C)C)cn2)CC1(C)C.CC(C)(C)OC(=O)N1C[C@@H](CCC(NS(=O)C(C)(C)C)c2ccc(C(C)(C)C)cn2)CC1(C)C. The predicted octanol–water partition coefficient (Wildman–Crippen LogP) is 11.5. The fourth-order valence-electron chi connectivity index (χ4n) is 8.10. The summed E-state index contributed by atoms with van der Waals surface area (Å²) in [6, 6.07) is 8.17. The molecule has 0 saturated carbocycles. The zero-order chi connectivity index (χ0) is 47.4. The van der Waals surface area contributed by atoms with E-state index >= 15 is 0 Å². The molecule has 2 aromatic rings. The Morgan fingerprint density at radius 1 is 0.694 bits per heavy atom. The van der Waals surface area contributed by atoms with Gasteiger partial charge in [-0.1, -0.05) is 53.7 Å². The molecule has 12 heteroatoms. The highest BCUT2D eigenvalue weighted by molar-refractivity contribution is 7.84. The molecule has 0 bridgehead atoms. The fourth-order valence-corrected chi connectivity index (χ4v) is 8.95.